The number of rotatable bonds is 4. The molecule has 6 heteroatoms. The molecule has 1 aromatic heterocycles. The zero-order valence-corrected chi connectivity index (χ0v) is 13.7. The third kappa shape index (κ3) is 3.56. The molecule has 3 rings (SSSR count). The normalized spacial score (nSPS) is 23.0. The first kappa shape index (κ1) is 16.4. The average molecular weight is 325 g/mol. The minimum Gasteiger partial charge on any atom is -0.336 e. The van der Waals surface area contributed by atoms with Crippen LogP contribution < -0.4 is 0 Å². The largest absolute Gasteiger partial charge is 0.336 e. The molecule has 1 saturated carbocycles. The molecule has 1 amide bonds. The standard InChI is InChI=1S/C17H25F2N3O/c1-21-11-14(15(20-21)16(18)19)17(23)22-9-5-8-13(22)10-12-6-3-2-4-7-12/h11-13,16H,2-10H2,1H3. The van der Waals surface area contributed by atoms with Gasteiger partial charge < -0.3 is 4.90 Å². The number of hydrogen-bond acceptors (Lipinski definition) is 2. The summed E-state index contributed by atoms with van der Waals surface area (Å²) in [5.74, 6) is 0.414. The van der Waals surface area contributed by atoms with Crippen LogP contribution in [0.25, 0.3) is 0 Å². The minimum atomic E-state index is -2.71. The van der Waals surface area contributed by atoms with Gasteiger partial charge in [0.15, 0.2) is 0 Å². The van der Waals surface area contributed by atoms with Crippen LogP contribution >= 0.6 is 0 Å². The van der Waals surface area contributed by atoms with E-state index in [1.807, 2.05) is 4.90 Å². The fourth-order valence-corrected chi connectivity index (χ4v) is 4.14. The maximum atomic E-state index is 13.1. The van der Waals surface area contributed by atoms with Crippen molar-refractivity contribution >= 4 is 5.91 Å². The van der Waals surface area contributed by atoms with Crippen LogP contribution in [-0.2, 0) is 7.05 Å². The molecule has 1 atom stereocenters. The predicted molar refractivity (Wildman–Crippen MR) is 83.4 cm³/mol. The van der Waals surface area contributed by atoms with Crippen LogP contribution in [0.4, 0.5) is 8.78 Å². The van der Waals surface area contributed by atoms with Crippen molar-refractivity contribution in [2.75, 3.05) is 6.54 Å². The minimum absolute atomic E-state index is 0.0676. The van der Waals surface area contributed by atoms with Gasteiger partial charge in [0.05, 0.1) is 5.56 Å². The van der Waals surface area contributed by atoms with E-state index in [0.29, 0.717) is 12.5 Å². The molecule has 1 unspecified atom stereocenters. The Morgan fingerprint density at radius 3 is 2.70 bits per heavy atom. The highest BCUT2D eigenvalue weighted by molar-refractivity contribution is 5.95. The van der Waals surface area contributed by atoms with E-state index in [4.69, 9.17) is 0 Å². The second kappa shape index (κ2) is 6.97. The first-order valence-electron chi connectivity index (χ1n) is 8.69. The SMILES string of the molecule is Cn1cc(C(=O)N2CCCC2CC2CCCCC2)c(C(F)F)n1. The highest BCUT2D eigenvalue weighted by atomic mass is 19.3. The Morgan fingerprint density at radius 2 is 2.00 bits per heavy atom. The smallest absolute Gasteiger partial charge is 0.282 e. The molecule has 128 valence electrons. The Balaban J connectivity index is 1.72. The highest BCUT2D eigenvalue weighted by Crippen LogP contribution is 2.33. The summed E-state index contributed by atoms with van der Waals surface area (Å²) in [5.41, 5.74) is -0.320. The van der Waals surface area contributed by atoms with E-state index in [2.05, 4.69) is 5.10 Å². The molecule has 1 saturated heterocycles. The first-order chi connectivity index (χ1) is 11.1. The quantitative estimate of drug-likeness (QED) is 0.841. The number of hydrogen-bond donors (Lipinski definition) is 0. The summed E-state index contributed by atoms with van der Waals surface area (Å²) in [5, 5.41) is 3.76. The topological polar surface area (TPSA) is 38.1 Å². The van der Waals surface area contributed by atoms with Crippen LogP contribution in [-0.4, -0.2) is 33.2 Å². The Hall–Kier alpha value is -1.46. The predicted octanol–water partition coefficient (Wildman–Crippen LogP) is 3.93. The van der Waals surface area contributed by atoms with Crippen LogP contribution in [0.5, 0.6) is 0 Å². The molecule has 1 aliphatic carbocycles. The number of carbonyl (C=O) groups is 1. The highest BCUT2D eigenvalue weighted by Gasteiger charge is 2.34. The van der Waals surface area contributed by atoms with Gasteiger partial charge in [-0.05, 0) is 25.2 Å². The van der Waals surface area contributed by atoms with Gasteiger partial charge in [0.2, 0.25) is 0 Å². The Bertz CT molecular complexity index is 552. The number of carbonyl (C=O) groups excluding carboxylic acids is 1. The van der Waals surface area contributed by atoms with Gasteiger partial charge in [-0.2, -0.15) is 5.10 Å². The van der Waals surface area contributed by atoms with Crippen molar-refractivity contribution < 1.29 is 13.6 Å². The van der Waals surface area contributed by atoms with Crippen molar-refractivity contribution in [1.82, 2.24) is 14.7 Å². The summed E-state index contributed by atoms with van der Waals surface area (Å²) in [6.45, 7) is 0.674. The van der Waals surface area contributed by atoms with Crippen molar-refractivity contribution in [2.45, 2.75) is 63.8 Å². The van der Waals surface area contributed by atoms with Gasteiger partial charge in [0.25, 0.3) is 12.3 Å². The summed E-state index contributed by atoms with van der Waals surface area (Å²) in [4.78, 5) is 14.6. The lowest BCUT2D eigenvalue weighted by atomic mass is 9.84. The molecular weight excluding hydrogens is 300 g/mol. The molecule has 0 radical (unpaired) electrons. The zero-order valence-electron chi connectivity index (χ0n) is 13.7. The summed E-state index contributed by atoms with van der Waals surface area (Å²) in [6.07, 6.45) is 8.07. The van der Waals surface area contributed by atoms with Crippen molar-refractivity contribution in [3.05, 3.63) is 17.5 Å². The Labute approximate surface area is 135 Å². The monoisotopic (exact) mass is 325 g/mol. The van der Waals surface area contributed by atoms with Gasteiger partial charge in [-0.1, -0.05) is 32.1 Å². The second-order valence-corrected chi connectivity index (χ2v) is 6.94. The first-order valence-corrected chi connectivity index (χ1v) is 8.69. The number of alkyl halides is 2. The third-order valence-electron chi connectivity index (χ3n) is 5.26. The van der Waals surface area contributed by atoms with Crippen LogP contribution in [0.1, 0.15) is 73.8 Å². The van der Waals surface area contributed by atoms with Crippen molar-refractivity contribution in [2.24, 2.45) is 13.0 Å². The molecule has 0 bridgehead atoms. The average Bonchev–Trinajstić information content (AvgIpc) is 3.14. The van der Waals surface area contributed by atoms with Gasteiger partial charge in [-0.3, -0.25) is 9.48 Å². The molecule has 1 aromatic rings. The van der Waals surface area contributed by atoms with Crippen LogP contribution in [0, 0.1) is 5.92 Å². The molecule has 4 nitrogen and oxygen atoms in total. The van der Waals surface area contributed by atoms with E-state index in [9.17, 15) is 13.6 Å². The van der Waals surface area contributed by atoms with E-state index in [1.165, 1.54) is 43.0 Å². The van der Waals surface area contributed by atoms with E-state index < -0.39 is 6.43 Å². The molecule has 0 N–H and O–H groups in total. The maximum Gasteiger partial charge on any atom is 0.282 e. The summed E-state index contributed by atoms with van der Waals surface area (Å²) >= 11 is 0. The van der Waals surface area contributed by atoms with E-state index in [1.54, 1.807) is 7.05 Å². The fraction of sp³-hybridized carbons (Fsp3) is 0.765. The molecule has 2 fully saturated rings. The van der Waals surface area contributed by atoms with Crippen LogP contribution in [0.2, 0.25) is 0 Å². The zero-order chi connectivity index (χ0) is 16.4. The Kier molecular flexibility index (Phi) is 4.97. The lowest BCUT2D eigenvalue weighted by Gasteiger charge is -2.30. The second-order valence-electron chi connectivity index (χ2n) is 6.94. The van der Waals surface area contributed by atoms with Crippen LogP contribution in [0.15, 0.2) is 6.20 Å². The van der Waals surface area contributed by atoms with Crippen molar-refractivity contribution in [3.63, 3.8) is 0 Å². The number of amides is 1. The van der Waals surface area contributed by atoms with Gasteiger partial charge >= 0.3 is 0 Å². The summed E-state index contributed by atoms with van der Waals surface area (Å²) < 4.78 is 27.5. The van der Waals surface area contributed by atoms with Crippen LogP contribution in [0.3, 0.4) is 0 Å². The molecule has 0 spiro atoms. The molecule has 0 aromatic carbocycles. The number of halogens is 2. The number of likely N-dealkylation sites (tertiary alicyclic amines) is 1. The van der Waals surface area contributed by atoms with Crippen molar-refractivity contribution in [1.29, 1.82) is 0 Å². The van der Waals surface area contributed by atoms with Gasteiger partial charge in [-0.25, -0.2) is 8.78 Å². The van der Waals surface area contributed by atoms with E-state index >= 15 is 0 Å². The van der Waals surface area contributed by atoms with Gasteiger partial charge in [0.1, 0.15) is 5.69 Å². The summed E-state index contributed by atoms with van der Waals surface area (Å²) in [7, 11) is 1.58. The lowest BCUT2D eigenvalue weighted by Crippen LogP contribution is -2.37. The third-order valence-corrected chi connectivity index (χ3v) is 5.26. The Morgan fingerprint density at radius 1 is 1.26 bits per heavy atom. The lowest BCUT2D eigenvalue weighted by molar-refractivity contribution is 0.0699. The number of nitrogens with zero attached hydrogens (tertiary/aromatic N) is 3. The summed E-state index contributed by atoms with van der Waals surface area (Å²) in [6, 6.07) is 0.205. The molecular formula is C17H25F2N3O. The van der Waals surface area contributed by atoms with E-state index in [-0.39, 0.29) is 23.2 Å². The maximum absolute atomic E-state index is 13.1. The van der Waals surface area contributed by atoms with Gasteiger partial charge in [0, 0.05) is 25.8 Å². The number of aryl methyl sites for hydroxylation is 1. The fourth-order valence-electron chi connectivity index (χ4n) is 4.14. The molecule has 1 aliphatic heterocycles. The number of aromatic nitrogens is 2. The van der Waals surface area contributed by atoms with Gasteiger partial charge in [-0.15, -0.1) is 0 Å². The molecule has 2 aliphatic rings. The molecule has 23 heavy (non-hydrogen) atoms. The molecule has 2 heterocycles. The van der Waals surface area contributed by atoms with E-state index in [0.717, 1.165) is 19.3 Å². The van der Waals surface area contributed by atoms with Crippen molar-refractivity contribution in [3.8, 4) is 0 Å².